The molecule has 3 nitrogen and oxygen atoms in total. The molecule has 0 saturated carbocycles. The zero-order chi connectivity index (χ0) is 8.67. The highest BCUT2D eigenvalue weighted by atomic mass is 16.7. The first-order valence-electron chi connectivity index (χ1n) is 4.65. The van der Waals surface area contributed by atoms with Gasteiger partial charge in [-0.05, 0) is 11.6 Å². The van der Waals surface area contributed by atoms with Crippen LogP contribution in [0.3, 0.4) is 0 Å². The van der Waals surface area contributed by atoms with Gasteiger partial charge in [0.15, 0.2) is 0 Å². The molecule has 0 aromatic heterocycles. The van der Waals surface area contributed by atoms with Gasteiger partial charge in [-0.3, -0.25) is 0 Å². The summed E-state index contributed by atoms with van der Waals surface area (Å²) in [6, 6.07) is 8.79. The summed E-state index contributed by atoms with van der Waals surface area (Å²) in [4.78, 5) is 5.26. The van der Waals surface area contributed by atoms with Crippen LogP contribution in [0, 0.1) is 5.92 Å². The molecule has 2 heterocycles. The van der Waals surface area contributed by atoms with Crippen LogP contribution in [0.5, 0.6) is 0 Å². The molecule has 1 saturated heterocycles. The average molecular weight is 176 g/mol. The molecule has 0 amide bonds. The highest BCUT2D eigenvalue weighted by molar-refractivity contribution is 5.55. The quantitative estimate of drug-likeness (QED) is 0.625. The molecule has 1 aromatic rings. The number of hydrogen-bond donors (Lipinski definition) is 2. The molecular weight excluding hydrogens is 164 g/mol. The Hall–Kier alpha value is -1.06. The fourth-order valence-electron chi connectivity index (χ4n) is 2.10. The predicted octanol–water partition coefficient (Wildman–Crippen LogP) is 1.30. The molecule has 0 spiro atoms. The molecule has 3 rings (SSSR count). The Labute approximate surface area is 77.0 Å². The van der Waals surface area contributed by atoms with Gasteiger partial charge in [-0.1, -0.05) is 18.2 Å². The van der Waals surface area contributed by atoms with Crippen LogP contribution in [0.15, 0.2) is 24.3 Å². The molecule has 3 heteroatoms. The fraction of sp³-hybridized carbons (Fsp3) is 0.400. The van der Waals surface area contributed by atoms with Crippen LogP contribution in [0.4, 0.5) is 5.69 Å². The van der Waals surface area contributed by atoms with E-state index in [1.807, 2.05) is 0 Å². The zero-order valence-corrected chi connectivity index (χ0v) is 7.29. The van der Waals surface area contributed by atoms with Crippen LogP contribution in [-0.2, 0) is 4.84 Å². The second-order valence-electron chi connectivity index (χ2n) is 3.63. The Morgan fingerprint density at radius 3 is 3.23 bits per heavy atom. The van der Waals surface area contributed by atoms with Gasteiger partial charge in [0.25, 0.3) is 0 Å². The van der Waals surface area contributed by atoms with Gasteiger partial charge < -0.3 is 10.2 Å². The van der Waals surface area contributed by atoms with Crippen LogP contribution in [0.1, 0.15) is 11.6 Å². The van der Waals surface area contributed by atoms with Crippen LogP contribution >= 0.6 is 0 Å². The van der Waals surface area contributed by atoms with Gasteiger partial charge >= 0.3 is 0 Å². The third-order valence-electron chi connectivity index (χ3n) is 2.83. The van der Waals surface area contributed by atoms with E-state index in [0.717, 1.165) is 13.2 Å². The van der Waals surface area contributed by atoms with Gasteiger partial charge in [0.2, 0.25) is 0 Å². The number of para-hydroxylation sites is 1. The van der Waals surface area contributed by atoms with E-state index in [4.69, 9.17) is 4.84 Å². The summed E-state index contributed by atoms with van der Waals surface area (Å²) < 4.78 is 0. The third-order valence-corrected chi connectivity index (χ3v) is 2.83. The lowest BCUT2D eigenvalue weighted by Gasteiger charge is -2.27. The lowest BCUT2D eigenvalue weighted by molar-refractivity contribution is 0.0868. The number of nitrogens with one attached hydrogen (secondary N) is 2. The number of rotatable bonds is 0. The predicted molar refractivity (Wildman–Crippen MR) is 50.3 cm³/mol. The summed E-state index contributed by atoms with van der Waals surface area (Å²) in [5.74, 6) is 0.579. The van der Waals surface area contributed by atoms with Crippen molar-refractivity contribution in [1.82, 2.24) is 5.48 Å². The standard InChI is InChI=1S/C10H12N2O/c1-2-4-9-8(3-1)10-7(5-11-9)6-13-12-10/h1-4,7,10-12H,5-6H2. The first-order valence-corrected chi connectivity index (χ1v) is 4.65. The highest BCUT2D eigenvalue weighted by Gasteiger charge is 2.33. The molecule has 0 radical (unpaired) electrons. The molecule has 0 bridgehead atoms. The smallest absolute Gasteiger partial charge is 0.0746 e. The van der Waals surface area contributed by atoms with Gasteiger partial charge in [0.1, 0.15) is 0 Å². The first-order chi connectivity index (χ1) is 6.45. The maximum Gasteiger partial charge on any atom is 0.0746 e. The number of hydrogen-bond acceptors (Lipinski definition) is 3. The van der Waals surface area contributed by atoms with Crippen molar-refractivity contribution < 1.29 is 4.84 Å². The molecule has 2 unspecified atom stereocenters. The van der Waals surface area contributed by atoms with Crippen molar-refractivity contribution >= 4 is 5.69 Å². The largest absolute Gasteiger partial charge is 0.384 e. The summed E-state index contributed by atoms with van der Waals surface area (Å²) in [5, 5.41) is 3.41. The highest BCUT2D eigenvalue weighted by Crippen LogP contribution is 2.35. The first kappa shape index (κ1) is 7.35. The maximum absolute atomic E-state index is 5.26. The molecule has 2 aliphatic heterocycles. The summed E-state index contributed by atoms with van der Waals surface area (Å²) in [5.41, 5.74) is 5.64. The Balaban J connectivity index is 2.06. The van der Waals surface area contributed by atoms with E-state index >= 15 is 0 Å². The molecule has 2 N–H and O–H groups in total. The molecule has 1 aromatic carbocycles. The number of anilines is 1. The second-order valence-corrected chi connectivity index (χ2v) is 3.63. The molecule has 13 heavy (non-hydrogen) atoms. The van der Waals surface area contributed by atoms with Crippen LogP contribution < -0.4 is 10.8 Å². The summed E-state index contributed by atoms with van der Waals surface area (Å²) >= 11 is 0. The summed E-state index contributed by atoms with van der Waals surface area (Å²) in [6.45, 7) is 1.82. The Morgan fingerprint density at radius 2 is 2.23 bits per heavy atom. The van der Waals surface area contributed by atoms with Crippen molar-refractivity contribution in [3.8, 4) is 0 Å². The lowest BCUT2D eigenvalue weighted by atomic mass is 9.90. The molecule has 0 aliphatic carbocycles. The summed E-state index contributed by atoms with van der Waals surface area (Å²) in [6.07, 6.45) is 0. The number of fused-ring (bicyclic) bond motifs is 3. The number of hydroxylamine groups is 1. The summed E-state index contributed by atoms with van der Waals surface area (Å²) in [7, 11) is 0. The second kappa shape index (κ2) is 2.72. The van der Waals surface area contributed by atoms with E-state index in [9.17, 15) is 0 Å². The van der Waals surface area contributed by atoms with Gasteiger partial charge in [0.05, 0.1) is 12.6 Å². The maximum atomic E-state index is 5.26. The Kier molecular flexibility index (Phi) is 1.54. The molecule has 2 aliphatic rings. The Morgan fingerprint density at radius 1 is 1.31 bits per heavy atom. The Bertz CT molecular complexity index is 326. The zero-order valence-electron chi connectivity index (χ0n) is 7.29. The topological polar surface area (TPSA) is 33.3 Å². The molecule has 1 fully saturated rings. The monoisotopic (exact) mass is 176 g/mol. The van der Waals surface area contributed by atoms with E-state index in [-0.39, 0.29) is 0 Å². The lowest BCUT2D eigenvalue weighted by Crippen LogP contribution is -2.29. The van der Waals surface area contributed by atoms with Crippen LogP contribution in [0.2, 0.25) is 0 Å². The van der Waals surface area contributed by atoms with Crippen molar-refractivity contribution in [1.29, 1.82) is 0 Å². The minimum Gasteiger partial charge on any atom is -0.384 e. The van der Waals surface area contributed by atoms with E-state index < -0.39 is 0 Å². The van der Waals surface area contributed by atoms with Crippen molar-refractivity contribution in [2.45, 2.75) is 6.04 Å². The van der Waals surface area contributed by atoms with Gasteiger partial charge in [0, 0.05) is 18.2 Å². The van der Waals surface area contributed by atoms with E-state index in [0.29, 0.717) is 12.0 Å². The average Bonchev–Trinajstić information content (AvgIpc) is 2.65. The van der Waals surface area contributed by atoms with E-state index in [1.54, 1.807) is 0 Å². The van der Waals surface area contributed by atoms with Crippen molar-refractivity contribution in [2.24, 2.45) is 5.92 Å². The van der Waals surface area contributed by atoms with E-state index in [2.05, 4.69) is 35.1 Å². The van der Waals surface area contributed by atoms with Crippen LogP contribution in [-0.4, -0.2) is 13.2 Å². The van der Waals surface area contributed by atoms with Gasteiger partial charge in [-0.25, -0.2) is 0 Å². The third kappa shape index (κ3) is 1.04. The fourth-order valence-corrected chi connectivity index (χ4v) is 2.10. The molecule has 68 valence electrons. The SMILES string of the molecule is c1ccc2c(c1)NCC1CONC21. The molecular formula is C10H12N2O. The number of benzene rings is 1. The van der Waals surface area contributed by atoms with E-state index in [1.165, 1.54) is 11.3 Å². The minimum absolute atomic E-state index is 0.387. The van der Waals surface area contributed by atoms with Crippen molar-refractivity contribution in [3.63, 3.8) is 0 Å². The van der Waals surface area contributed by atoms with Gasteiger partial charge in [-0.2, -0.15) is 5.48 Å². The molecule has 2 atom stereocenters. The van der Waals surface area contributed by atoms with Gasteiger partial charge in [-0.15, -0.1) is 0 Å². The van der Waals surface area contributed by atoms with Crippen molar-refractivity contribution in [3.05, 3.63) is 29.8 Å². The normalized spacial score (nSPS) is 30.5. The van der Waals surface area contributed by atoms with Crippen molar-refractivity contribution in [2.75, 3.05) is 18.5 Å². The minimum atomic E-state index is 0.387. The van der Waals surface area contributed by atoms with Crippen LogP contribution in [0.25, 0.3) is 0 Å².